The lowest BCUT2D eigenvalue weighted by Crippen LogP contribution is -2.50. The molecule has 1 aliphatic rings. The number of hydrogen-bond acceptors (Lipinski definition) is 7. The summed E-state index contributed by atoms with van der Waals surface area (Å²) < 4.78 is 3.34. The van der Waals surface area contributed by atoms with Crippen LogP contribution in [0, 0.1) is 12.8 Å². The van der Waals surface area contributed by atoms with Gasteiger partial charge in [0.25, 0.3) is 5.91 Å². The van der Waals surface area contributed by atoms with Crippen LogP contribution in [-0.4, -0.2) is 71.3 Å². The van der Waals surface area contributed by atoms with Gasteiger partial charge in [0.15, 0.2) is 0 Å². The number of aromatic nitrogens is 6. The summed E-state index contributed by atoms with van der Waals surface area (Å²) in [7, 11) is 0. The van der Waals surface area contributed by atoms with E-state index in [1.165, 1.54) is 6.33 Å². The molecule has 5 rings (SSSR count). The van der Waals surface area contributed by atoms with E-state index in [2.05, 4.69) is 30.8 Å². The number of para-hydroxylation sites is 1. The van der Waals surface area contributed by atoms with E-state index >= 15 is 0 Å². The van der Waals surface area contributed by atoms with Gasteiger partial charge in [-0.3, -0.25) is 14.4 Å². The van der Waals surface area contributed by atoms with Crippen molar-refractivity contribution in [2.75, 3.05) is 13.1 Å². The number of rotatable bonds is 5. The number of benzene rings is 2. The minimum atomic E-state index is -0.774. The summed E-state index contributed by atoms with van der Waals surface area (Å²) in [6, 6.07) is 15.6. The van der Waals surface area contributed by atoms with Crippen molar-refractivity contribution in [3.05, 3.63) is 90.0 Å². The third-order valence-corrected chi connectivity index (χ3v) is 7.48. The highest BCUT2D eigenvalue weighted by atomic mass is 16.2. The first-order valence-corrected chi connectivity index (χ1v) is 14.6. The molecule has 43 heavy (non-hydrogen) atoms. The maximum atomic E-state index is 14.0. The van der Waals surface area contributed by atoms with Gasteiger partial charge in [0.1, 0.15) is 30.3 Å². The van der Waals surface area contributed by atoms with Crippen molar-refractivity contribution in [1.82, 2.24) is 45.1 Å². The van der Waals surface area contributed by atoms with Crippen molar-refractivity contribution in [2.45, 2.75) is 58.7 Å². The van der Waals surface area contributed by atoms with Crippen molar-refractivity contribution in [3.63, 3.8) is 0 Å². The monoisotopic (exact) mass is 583 g/mol. The maximum Gasteiger partial charge on any atom is 0.256 e. The summed E-state index contributed by atoms with van der Waals surface area (Å²) in [6.45, 7) is 6.85. The van der Waals surface area contributed by atoms with Gasteiger partial charge in [-0.1, -0.05) is 56.3 Å². The molecule has 224 valence electrons. The summed E-state index contributed by atoms with van der Waals surface area (Å²) in [6.07, 6.45) is 3.90. The summed E-state index contributed by atoms with van der Waals surface area (Å²) in [5.74, 6) is 0.457. The second-order valence-electron chi connectivity index (χ2n) is 11.0. The standard InChI is InChI=1S/C31H37N9O3/c1-21(2)28-29-34-22(3)37-39(29)17-16-38(31(43)24-12-7-8-13-26(24)40-20-32-19-33-40)15-9-14-27(41)35-25(30(42)36-28)18-23-10-5-4-6-11-23/h4-8,10-13,19-21,25,28H,9,14-18H2,1-3H3,(H,35,41)(H,36,42)/t25-,28+/m0/s1. The lowest BCUT2D eigenvalue weighted by molar-refractivity contribution is -0.129. The van der Waals surface area contributed by atoms with Crippen LogP contribution in [-0.2, 0) is 22.6 Å². The van der Waals surface area contributed by atoms with Crippen molar-refractivity contribution < 1.29 is 14.4 Å². The van der Waals surface area contributed by atoms with Crippen molar-refractivity contribution in [1.29, 1.82) is 0 Å². The molecule has 2 aromatic carbocycles. The van der Waals surface area contributed by atoms with Gasteiger partial charge in [-0.15, -0.1) is 0 Å². The predicted molar refractivity (Wildman–Crippen MR) is 159 cm³/mol. The Bertz CT molecular complexity index is 1550. The zero-order valence-electron chi connectivity index (χ0n) is 24.7. The summed E-state index contributed by atoms with van der Waals surface area (Å²) in [4.78, 5) is 51.2. The van der Waals surface area contributed by atoms with Crippen LogP contribution in [0.4, 0.5) is 0 Å². The topological polar surface area (TPSA) is 140 Å². The molecule has 2 N–H and O–H groups in total. The molecule has 0 unspecified atom stereocenters. The molecule has 0 bridgehead atoms. The summed E-state index contributed by atoms with van der Waals surface area (Å²) in [5, 5.41) is 14.9. The number of nitrogens with zero attached hydrogens (tertiary/aromatic N) is 7. The van der Waals surface area contributed by atoms with Crippen LogP contribution in [0.15, 0.2) is 67.3 Å². The van der Waals surface area contributed by atoms with Gasteiger partial charge in [-0.2, -0.15) is 10.2 Å². The van der Waals surface area contributed by atoms with Gasteiger partial charge in [0, 0.05) is 25.9 Å². The Hall–Kier alpha value is -4.87. The minimum absolute atomic E-state index is 0.0143. The number of fused-ring (bicyclic) bond motifs is 1. The third kappa shape index (κ3) is 7.14. The number of nitrogens with one attached hydrogen (secondary N) is 2. The van der Waals surface area contributed by atoms with E-state index in [4.69, 9.17) is 0 Å². The average molecular weight is 584 g/mol. The van der Waals surface area contributed by atoms with E-state index in [0.717, 1.165) is 5.56 Å². The average Bonchev–Trinajstić information content (AvgIpc) is 3.67. The van der Waals surface area contributed by atoms with Crippen molar-refractivity contribution >= 4 is 17.7 Å². The molecule has 0 saturated heterocycles. The van der Waals surface area contributed by atoms with Crippen molar-refractivity contribution in [2.24, 2.45) is 5.92 Å². The number of aryl methyl sites for hydroxylation is 1. The number of hydrogen-bond donors (Lipinski definition) is 2. The largest absolute Gasteiger partial charge is 0.344 e. The molecule has 0 fully saturated rings. The van der Waals surface area contributed by atoms with Gasteiger partial charge in [0.05, 0.1) is 23.8 Å². The molecular formula is C31H37N9O3. The molecule has 12 nitrogen and oxygen atoms in total. The molecule has 3 amide bonds. The van der Waals surface area contributed by atoms with Crippen molar-refractivity contribution in [3.8, 4) is 5.69 Å². The SMILES string of the molecule is Cc1nc2n(n1)CCN(C(=O)c1ccccc1-n1cncn1)CCCC(=O)N[C@@H](Cc1ccccc1)C(=O)N[C@@H]2C(C)C. The van der Waals surface area contributed by atoms with Crippen LogP contribution in [0.2, 0.25) is 0 Å². The molecule has 1 aliphatic heterocycles. The predicted octanol–water partition coefficient (Wildman–Crippen LogP) is 2.64. The van der Waals surface area contributed by atoms with Crippen LogP contribution in [0.3, 0.4) is 0 Å². The molecule has 0 aliphatic carbocycles. The molecule has 2 atom stereocenters. The van der Waals surface area contributed by atoms with Gasteiger partial charge in [-0.05, 0) is 37.0 Å². The van der Waals surface area contributed by atoms with Crippen LogP contribution in [0.5, 0.6) is 0 Å². The zero-order chi connectivity index (χ0) is 30.3. The fourth-order valence-electron chi connectivity index (χ4n) is 5.29. The second-order valence-corrected chi connectivity index (χ2v) is 11.0. The maximum absolute atomic E-state index is 14.0. The second kappa shape index (κ2) is 13.4. The Balaban J connectivity index is 1.47. The molecule has 12 heteroatoms. The molecule has 4 aromatic rings. The van der Waals surface area contributed by atoms with E-state index in [-0.39, 0.29) is 30.1 Å². The number of carbonyl (C=O) groups excluding carboxylic acids is 3. The number of carbonyl (C=O) groups is 3. The quantitative estimate of drug-likeness (QED) is 0.368. The Morgan fingerprint density at radius 1 is 1.00 bits per heavy atom. The first kappa shape index (κ1) is 29.6. The highest BCUT2D eigenvalue weighted by Gasteiger charge is 2.30. The molecule has 3 heterocycles. The summed E-state index contributed by atoms with van der Waals surface area (Å²) in [5.41, 5.74) is 2.03. The van der Waals surface area contributed by atoms with E-state index in [0.29, 0.717) is 55.4 Å². The Kier molecular flexibility index (Phi) is 9.23. The number of amides is 3. The zero-order valence-corrected chi connectivity index (χ0v) is 24.7. The molecule has 0 radical (unpaired) electrons. The molecule has 0 spiro atoms. The molecular weight excluding hydrogens is 546 g/mol. The smallest absolute Gasteiger partial charge is 0.256 e. The third-order valence-electron chi connectivity index (χ3n) is 7.48. The Morgan fingerprint density at radius 3 is 2.51 bits per heavy atom. The van der Waals surface area contributed by atoms with Crippen LogP contribution < -0.4 is 10.6 Å². The first-order chi connectivity index (χ1) is 20.8. The Labute approximate surface area is 250 Å². The fraction of sp³-hybridized carbons (Fsp3) is 0.387. The van der Waals surface area contributed by atoms with Crippen LogP contribution in [0.25, 0.3) is 5.69 Å². The lowest BCUT2D eigenvalue weighted by atomic mass is 10.0. The van der Waals surface area contributed by atoms with Crippen LogP contribution >= 0.6 is 0 Å². The van der Waals surface area contributed by atoms with Gasteiger partial charge < -0.3 is 15.5 Å². The van der Waals surface area contributed by atoms with E-state index in [9.17, 15) is 14.4 Å². The fourth-order valence-corrected chi connectivity index (χ4v) is 5.29. The van der Waals surface area contributed by atoms with E-state index in [1.54, 1.807) is 26.7 Å². The highest BCUT2D eigenvalue weighted by Crippen LogP contribution is 2.22. The van der Waals surface area contributed by atoms with Gasteiger partial charge in [0.2, 0.25) is 11.8 Å². The van der Waals surface area contributed by atoms with Gasteiger partial charge in [-0.25, -0.2) is 19.3 Å². The normalized spacial score (nSPS) is 18.5. The van der Waals surface area contributed by atoms with Crippen LogP contribution in [0.1, 0.15) is 60.3 Å². The highest BCUT2D eigenvalue weighted by molar-refractivity contribution is 5.97. The lowest BCUT2D eigenvalue weighted by Gasteiger charge is -2.28. The molecule has 2 aromatic heterocycles. The Morgan fingerprint density at radius 2 is 1.77 bits per heavy atom. The van der Waals surface area contributed by atoms with E-state index in [1.807, 2.05) is 69.3 Å². The minimum Gasteiger partial charge on any atom is -0.344 e. The molecule has 0 saturated carbocycles. The first-order valence-electron chi connectivity index (χ1n) is 14.6. The van der Waals surface area contributed by atoms with Gasteiger partial charge >= 0.3 is 0 Å². The summed E-state index contributed by atoms with van der Waals surface area (Å²) >= 11 is 0. The van der Waals surface area contributed by atoms with E-state index < -0.39 is 12.1 Å².